The lowest BCUT2D eigenvalue weighted by molar-refractivity contribution is -0.111. The summed E-state index contributed by atoms with van der Waals surface area (Å²) in [5, 5.41) is 14.3. The quantitative estimate of drug-likeness (QED) is 0.463. The average Bonchev–Trinajstić information content (AvgIpc) is 3.24. The van der Waals surface area contributed by atoms with E-state index < -0.39 is 0 Å². The van der Waals surface area contributed by atoms with Gasteiger partial charge in [0, 0.05) is 24.4 Å². The molecule has 0 atom stereocenters. The molecule has 4 rings (SSSR count). The molecule has 0 aliphatic rings. The third-order valence-corrected chi connectivity index (χ3v) is 4.59. The Kier molecular flexibility index (Phi) is 6.13. The number of carbonyl (C=O) groups excluding carboxylic acids is 1. The van der Waals surface area contributed by atoms with E-state index in [-0.39, 0.29) is 5.91 Å². The molecule has 1 amide bonds. The van der Waals surface area contributed by atoms with Crippen LogP contribution in [0.2, 0.25) is 0 Å². The number of nitrogens with zero attached hydrogens (tertiary/aromatic N) is 4. The maximum Gasteiger partial charge on any atom is 0.248 e. The second-order valence-electron chi connectivity index (χ2n) is 6.87. The molecule has 0 bridgehead atoms. The predicted octanol–water partition coefficient (Wildman–Crippen LogP) is 4.11. The molecular formula is C24H21N5O2. The van der Waals surface area contributed by atoms with Gasteiger partial charge in [0.25, 0.3) is 0 Å². The molecule has 3 aromatic carbocycles. The second kappa shape index (κ2) is 9.49. The van der Waals surface area contributed by atoms with Crippen LogP contribution in [-0.4, -0.2) is 26.1 Å². The normalized spacial score (nSPS) is 10.9. The van der Waals surface area contributed by atoms with Crippen LogP contribution in [0.25, 0.3) is 17.5 Å². The maximum absolute atomic E-state index is 12.2. The summed E-state index contributed by atoms with van der Waals surface area (Å²) < 4.78 is 7.37. The van der Waals surface area contributed by atoms with Gasteiger partial charge in [-0.3, -0.25) is 4.79 Å². The van der Waals surface area contributed by atoms with E-state index in [4.69, 9.17) is 4.74 Å². The molecule has 0 unspecified atom stereocenters. The Bertz CT molecular complexity index is 1170. The van der Waals surface area contributed by atoms with Crippen molar-refractivity contribution in [2.24, 2.45) is 7.05 Å². The molecule has 0 spiro atoms. The standard InChI is InChI=1S/C24H21N5O2/c1-29-24(26-27-28-29)20-10-12-21(13-11-20)25-23(30)16-9-18-7-14-22(15-8-18)31-17-19-5-3-2-4-6-19/h2-16H,17H2,1H3,(H,25,30)/b16-9+. The summed E-state index contributed by atoms with van der Waals surface area (Å²) in [5.74, 6) is 1.23. The number of ether oxygens (including phenoxy) is 1. The SMILES string of the molecule is Cn1nnnc1-c1ccc(NC(=O)/C=C/c2ccc(OCc3ccccc3)cc2)cc1. The Morgan fingerprint density at radius 2 is 1.74 bits per heavy atom. The Morgan fingerprint density at radius 1 is 1.00 bits per heavy atom. The fourth-order valence-corrected chi connectivity index (χ4v) is 2.95. The first-order valence-corrected chi connectivity index (χ1v) is 9.76. The van der Waals surface area contributed by atoms with E-state index in [9.17, 15) is 4.79 Å². The minimum absolute atomic E-state index is 0.211. The van der Waals surface area contributed by atoms with Gasteiger partial charge < -0.3 is 10.1 Å². The molecule has 0 radical (unpaired) electrons. The zero-order chi connectivity index (χ0) is 21.5. The maximum atomic E-state index is 12.2. The van der Waals surface area contributed by atoms with Crippen LogP contribution >= 0.6 is 0 Å². The summed E-state index contributed by atoms with van der Waals surface area (Å²) in [4.78, 5) is 12.2. The average molecular weight is 411 g/mol. The van der Waals surface area contributed by atoms with Crippen molar-refractivity contribution in [2.75, 3.05) is 5.32 Å². The van der Waals surface area contributed by atoms with Crippen LogP contribution in [-0.2, 0) is 18.4 Å². The molecule has 0 aliphatic heterocycles. The Hall–Kier alpha value is -4.26. The smallest absolute Gasteiger partial charge is 0.248 e. The lowest BCUT2D eigenvalue weighted by Crippen LogP contribution is -2.07. The molecular weight excluding hydrogens is 390 g/mol. The number of aryl methyl sites for hydroxylation is 1. The van der Waals surface area contributed by atoms with Crippen molar-refractivity contribution in [1.82, 2.24) is 20.2 Å². The van der Waals surface area contributed by atoms with Crippen molar-refractivity contribution in [3.63, 3.8) is 0 Å². The van der Waals surface area contributed by atoms with E-state index >= 15 is 0 Å². The van der Waals surface area contributed by atoms with E-state index in [1.165, 1.54) is 6.08 Å². The first-order valence-electron chi connectivity index (χ1n) is 9.76. The topological polar surface area (TPSA) is 81.9 Å². The molecule has 7 nitrogen and oxygen atoms in total. The highest BCUT2D eigenvalue weighted by atomic mass is 16.5. The van der Waals surface area contributed by atoms with Crippen LogP contribution in [0.3, 0.4) is 0 Å². The highest BCUT2D eigenvalue weighted by molar-refractivity contribution is 6.02. The Balaban J connectivity index is 1.30. The summed E-state index contributed by atoms with van der Waals surface area (Å²) in [5.41, 5.74) is 3.59. The van der Waals surface area contributed by atoms with Crippen molar-refractivity contribution >= 4 is 17.7 Å². The second-order valence-corrected chi connectivity index (χ2v) is 6.87. The zero-order valence-electron chi connectivity index (χ0n) is 17.0. The van der Waals surface area contributed by atoms with Gasteiger partial charge in [0.15, 0.2) is 5.82 Å². The number of anilines is 1. The number of tetrazole rings is 1. The fraction of sp³-hybridized carbons (Fsp3) is 0.0833. The number of carbonyl (C=O) groups is 1. The molecule has 0 aliphatic carbocycles. The summed E-state index contributed by atoms with van der Waals surface area (Å²) in [6.07, 6.45) is 3.26. The number of hydrogen-bond donors (Lipinski definition) is 1. The van der Waals surface area contributed by atoms with Gasteiger partial charge in [-0.05, 0) is 64.0 Å². The van der Waals surface area contributed by atoms with Crippen molar-refractivity contribution in [3.8, 4) is 17.1 Å². The van der Waals surface area contributed by atoms with E-state index in [1.807, 2.05) is 78.9 Å². The molecule has 0 saturated carbocycles. The summed E-state index contributed by atoms with van der Waals surface area (Å²) in [6, 6.07) is 25.0. The van der Waals surface area contributed by atoms with E-state index in [0.717, 1.165) is 22.4 Å². The number of rotatable bonds is 7. The van der Waals surface area contributed by atoms with Crippen LogP contribution in [0, 0.1) is 0 Å². The van der Waals surface area contributed by atoms with Crippen molar-refractivity contribution in [2.45, 2.75) is 6.61 Å². The first kappa shape index (κ1) is 20.0. The molecule has 4 aromatic rings. The van der Waals surface area contributed by atoms with Crippen molar-refractivity contribution in [1.29, 1.82) is 0 Å². The highest BCUT2D eigenvalue weighted by Crippen LogP contribution is 2.18. The third-order valence-electron chi connectivity index (χ3n) is 4.59. The largest absolute Gasteiger partial charge is 0.489 e. The lowest BCUT2D eigenvalue weighted by Gasteiger charge is -2.06. The molecule has 154 valence electrons. The number of aromatic nitrogens is 4. The van der Waals surface area contributed by atoms with E-state index in [1.54, 1.807) is 17.8 Å². The lowest BCUT2D eigenvalue weighted by atomic mass is 10.2. The third kappa shape index (κ3) is 5.42. The van der Waals surface area contributed by atoms with Gasteiger partial charge in [0.1, 0.15) is 12.4 Å². The van der Waals surface area contributed by atoms with Gasteiger partial charge >= 0.3 is 0 Å². The first-order chi connectivity index (χ1) is 15.2. The van der Waals surface area contributed by atoms with Crippen molar-refractivity contribution in [3.05, 3.63) is 96.1 Å². The Morgan fingerprint density at radius 3 is 2.42 bits per heavy atom. The minimum atomic E-state index is -0.211. The molecule has 1 heterocycles. The monoisotopic (exact) mass is 411 g/mol. The Labute approximate surface area is 180 Å². The van der Waals surface area contributed by atoms with Crippen molar-refractivity contribution < 1.29 is 9.53 Å². The molecule has 1 N–H and O–H groups in total. The highest BCUT2D eigenvalue weighted by Gasteiger charge is 2.06. The molecule has 0 saturated heterocycles. The number of hydrogen-bond acceptors (Lipinski definition) is 5. The predicted molar refractivity (Wildman–Crippen MR) is 119 cm³/mol. The zero-order valence-corrected chi connectivity index (χ0v) is 17.0. The number of benzene rings is 3. The van der Waals surface area contributed by atoms with Gasteiger partial charge in [0.2, 0.25) is 5.91 Å². The summed E-state index contributed by atoms with van der Waals surface area (Å²) >= 11 is 0. The van der Waals surface area contributed by atoms with Crippen LogP contribution in [0.15, 0.2) is 84.9 Å². The van der Waals surface area contributed by atoms with Crippen LogP contribution in [0.4, 0.5) is 5.69 Å². The molecule has 0 fully saturated rings. The molecule has 1 aromatic heterocycles. The van der Waals surface area contributed by atoms with Gasteiger partial charge in [-0.1, -0.05) is 42.5 Å². The summed E-state index contributed by atoms with van der Waals surface area (Å²) in [7, 11) is 1.78. The minimum Gasteiger partial charge on any atom is -0.489 e. The number of nitrogens with one attached hydrogen (secondary N) is 1. The molecule has 7 heteroatoms. The summed E-state index contributed by atoms with van der Waals surface area (Å²) in [6.45, 7) is 0.518. The fourth-order valence-electron chi connectivity index (χ4n) is 2.95. The number of amides is 1. The van der Waals surface area contributed by atoms with Gasteiger partial charge in [-0.25, -0.2) is 4.68 Å². The molecule has 31 heavy (non-hydrogen) atoms. The van der Waals surface area contributed by atoms with Gasteiger partial charge in [0.05, 0.1) is 0 Å². The van der Waals surface area contributed by atoms with Gasteiger partial charge in [-0.2, -0.15) is 0 Å². The van der Waals surface area contributed by atoms with Crippen LogP contribution in [0.5, 0.6) is 5.75 Å². The van der Waals surface area contributed by atoms with Crippen LogP contribution in [0.1, 0.15) is 11.1 Å². The van der Waals surface area contributed by atoms with Gasteiger partial charge in [-0.15, -0.1) is 5.10 Å². The van der Waals surface area contributed by atoms with Crippen LogP contribution < -0.4 is 10.1 Å². The van der Waals surface area contributed by atoms with E-state index in [0.29, 0.717) is 18.1 Å². The van der Waals surface area contributed by atoms with E-state index in [2.05, 4.69) is 20.8 Å².